The summed E-state index contributed by atoms with van der Waals surface area (Å²) in [6, 6.07) is 0. The molecule has 20 heavy (non-hydrogen) atoms. The van der Waals surface area contributed by atoms with Gasteiger partial charge in [-0.05, 0) is 20.8 Å². The average molecular weight is 300 g/mol. The summed E-state index contributed by atoms with van der Waals surface area (Å²) in [6.45, 7) is 4.72. The van der Waals surface area contributed by atoms with Gasteiger partial charge in [0.25, 0.3) is 0 Å². The van der Waals surface area contributed by atoms with Crippen molar-refractivity contribution in [1.82, 2.24) is 0 Å². The normalized spacial score (nSPS) is 23.6. The Morgan fingerprint density at radius 3 is 2.55 bits per heavy atom. The van der Waals surface area contributed by atoms with Crippen LogP contribution in [0, 0.1) is 0 Å². The van der Waals surface area contributed by atoms with E-state index in [1.54, 1.807) is 13.8 Å². The molecule has 0 spiro atoms. The molecule has 118 valence electrons. The Bertz CT molecular complexity index is 330. The van der Waals surface area contributed by atoms with Gasteiger partial charge in [0.2, 0.25) is 0 Å². The molecule has 1 fully saturated rings. The Kier molecular flexibility index (Phi) is 5.79. The van der Waals surface area contributed by atoms with Crippen molar-refractivity contribution in [2.24, 2.45) is 0 Å². The van der Waals surface area contributed by atoms with Crippen LogP contribution < -0.4 is 0 Å². The van der Waals surface area contributed by atoms with Crippen LogP contribution in [0.2, 0.25) is 0 Å². The first-order valence-corrected chi connectivity index (χ1v) is 6.29. The van der Waals surface area contributed by atoms with Crippen LogP contribution in [0.5, 0.6) is 0 Å². The fourth-order valence-corrected chi connectivity index (χ4v) is 1.71. The van der Waals surface area contributed by atoms with Gasteiger partial charge in [0.15, 0.2) is 11.9 Å². The van der Waals surface area contributed by atoms with Crippen molar-refractivity contribution in [2.75, 3.05) is 19.8 Å². The van der Waals surface area contributed by atoms with E-state index in [1.165, 1.54) is 6.92 Å². The maximum absolute atomic E-state index is 12.7. The molecule has 1 heterocycles. The average Bonchev–Trinajstić information content (AvgIpc) is 2.63. The summed E-state index contributed by atoms with van der Waals surface area (Å²) in [7, 11) is 0. The fourth-order valence-electron chi connectivity index (χ4n) is 1.71. The zero-order valence-electron chi connectivity index (χ0n) is 11.7. The highest BCUT2D eigenvalue weighted by Gasteiger charge is 2.43. The third-order valence-corrected chi connectivity index (χ3v) is 2.57. The van der Waals surface area contributed by atoms with Crippen LogP contribution in [0.3, 0.4) is 0 Å². The molecule has 0 aromatic carbocycles. The van der Waals surface area contributed by atoms with Gasteiger partial charge in [-0.3, -0.25) is 4.79 Å². The summed E-state index contributed by atoms with van der Waals surface area (Å²) < 4.78 is 58.0. The SMILES string of the molecule is CCOC(=O)C[C@H](OC[C@H]1COC(C)(C)O1)C(F)(F)F. The molecule has 0 bridgehead atoms. The standard InChI is InChI=1S/C12H19F3O5/c1-4-17-10(16)5-9(12(13,14)15)18-6-8-7-19-11(2,3)20-8/h8-9H,4-7H2,1-3H3/t8-,9-/m0/s1. The molecule has 1 aliphatic rings. The predicted molar refractivity (Wildman–Crippen MR) is 61.9 cm³/mol. The molecular formula is C12H19F3O5. The van der Waals surface area contributed by atoms with Crippen molar-refractivity contribution in [3.63, 3.8) is 0 Å². The maximum Gasteiger partial charge on any atom is 0.415 e. The van der Waals surface area contributed by atoms with E-state index in [9.17, 15) is 18.0 Å². The molecular weight excluding hydrogens is 281 g/mol. The van der Waals surface area contributed by atoms with E-state index in [0.717, 1.165) is 0 Å². The van der Waals surface area contributed by atoms with Crippen LogP contribution in [0.15, 0.2) is 0 Å². The monoisotopic (exact) mass is 300 g/mol. The summed E-state index contributed by atoms with van der Waals surface area (Å²) in [6.07, 6.45) is -8.29. The Labute approximate surface area is 115 Å². The molecule has 5 nitrogen and oxygen atoms in total. The van der Waals surface area contributed by atoms with Crippen LogP contribution >= 0.6 is 0 Å². The molecule has 1 saturated heterocycles. The minimum absolute atomic E-state index is 0.0250. The number of halogens is 3. The Morgan fingerprint density at radius 1 is 1.45 bits per heavy atom. The number of alkyl halides is 3. The summed E-state index contributed by atoms with van der Waals surface area (Å²) in [5.74, 6) is -1.78. The number of carbonyl (C=O) groups is 1. The second kappa shape index (κ2) is 6.73. The molecule has 0 saturated carbocycles. The van der Waals surface area contributed by atoms with Crippen molar-refractivity contribution < 1.29 is 36.9 Å². The molecule has 0 N–H and O–H groups in total. The van der Waals surface area contributed by atoms with E-state index in [1.807, 2.05) is 0 Å². The highest BCUT2D eigenvalue weighted by atomic mass is 19.4. The minimum atomic E-state index is -4.64. The van der Waals surface area contributed by atoms with Crippen molar-refractivity contribution >= 4 is 5.97 Å². The van der Waals surface area contributed by atoms with Crippen LogP contribution in [0.25, 0.3) is 0 Å². The topological polar surface area (TPSA) is 54.0 Å². The molecule has 8 heteroatoms. The maximum atomic E-state index is 12.7. The third kappa shape index (κ3) is 5.64. The van der Waals surface area contributed by atoms with Gasteiger partial charge in [-0.15, -0.1) is 0 Å². The van der Waals surface area contributed by atoms with E-state index in [4.69, 9.17) is 14.2 Å². The van der Waals surface area contributed by atoms with Gasteiger partial charge in [-0.25, -0.2) is 0 Å². The van der Waals surface area contributed by atoms with Crippen LogP contribution in [-0.4, -0.2) is 50.0 Å². The minimum Gasteiger partial charge on any atom is -0.466 e. The lowest BCUT2D eigenvalue weighted by molar-refractivity contribution is -0.232. The van der Waals surface area contributed by atoms with E-state index in [-0.39, 0.29) is 19.8 Å². The first-order chi connectivity index (χ1) is 9.14. The molecule has 2 atom stereocenters. The van der Waals surface area contributed by atoms with Crippen LogP contribution in [-0.2, 0) is 23.7 Å². The summed E-state index contributed by atoms with van der Waals surface area (Å²) in [4.78, 5) is 11.1. The number of ether oxygens (including phenoxy) is 4. The molecule has 0 aromatic rings. The Morgan fingerprint density at radius 2 is 2.10 bits per heavy atom. The van der Waals surface area contributed by atoms with Gasteiger partial charge >= 0.3 is 12.1 Å². The van der Waals surface area contributed by atoms with Crippen LogP contribution in [0.4, 0.5) is 13.2 Å². The van der Waals surface area contributed by atoms with Gasteiger partial charge in [0, 0.05) is 0 Å². The lowest BCUT2D eigenvalue weighted by Gasteiger charge is -2.22. The Hall–Kier alpha value is -0.860. The van der Waals surface area contributed by atoms with E-state index in [0.29, 0.717) is 0 Å². The van der Waals surface area contributed by atoms with Crippen molar-refractivity contribution in [2.45, 2.75) is 51.4 Å². The van der Waals surface area contributed by atoms with Gasteiger partial charge < -0.3 is 18.9 Å². The zero-order valence-corrected chi connectivity index (χ0v) is 11.7. The van der Waals surface area contributed by atoms with Crippen LogP contribution in [0.1, 0.15) is 27.2 Å². The quantitative estimate of drug-likeness (QED) is 0.703. The molecule has 0 aromatic heterocycles. The fraction of sp³-hybridized carbons (Fsp3) is 0.917. The number of rotatable bonds is 6. The smallest absolute Gasteiger partial charge is 0.415 e. The van der Waals surface area contributed by atoms with E-state index in [2.05, 4.69) is 4.74 Å². The lowest BCUT2D eigenvalue weighted by atomic mass is 10.2. The first kappa shape index (κ1) is 17.2. The first-order valence-electron chi connectivity index (χ1n) is 6.29. The van der Waals surface area contributed by atoms with Crippen molar-refractivity contribution in [3.05, 3.63) is 0 Å². The number of carbonyl (C=O) groups excluding carboxylic acids is 1. The van der Waals surface area contributed by atoms with Gasteiger partial charge in [0.05, 0.1) is 26.2 Å². The van der Waals surface area contributed by atoms with Crippen molar-refractivity contribution in [1.29, 1.82) is 0 Å². The van der Waals surface area contributed by atoms with Gasteiger partial charge in [-0.1, -0.05) is 0 Å². The Balaban J connectivity index is 2.47. The molecule has 0 aliphatic carbocycles. The number of hydrogen-bond acceptors (Lipinski definition) is 5. The predicted octanol–water partition coefficient (Wildman–Crippen LogP) is 2.04. The van der Waals surface area contributed by atoms with E-state index < -0.39 is 36.6 Å². The highest BCUT2D eigenvalue weighted by molar-refractivity contribution is 5.70. The van der Waals surface area contributed by atoms with Crippen molar-refractivity contribution in [3.8, 4) is 0 Å². The second-order valence-corrected chi connectivity index (χ2v) is 4.82. The number of esters is 1. The molecule has 0 amide bonds. The summed E-state index contributed by atoms with van der Waals surface area (Å²) in [5.41, 5.74) is 0. The molecule has 1 aliphatic heterocycles. The highest BCUT2D eigenvalue weighted by Crippen LogP contribution is 2.28. The second-order valence-electron chi connectivity index (χ2n) is 4.82. The molecule has 0 radical (unpaired) electrons. The van der Waals surface area contributed by atoms with Gasteiger partial charge in [0.1, 0.15) is 6.10 Å². The molecule has 1 rings (SSSR count). The zero-order chi connectivity index (χ0) is 15.4. The number of hydrogen-bond donors (Lipinski definition) is 0. The third-order valence-electron chi connectivity index (χ3n) is 2.57. The van der Waals surface area contributed by atoms with Gasteiger partial charge in [-0.2, -0.15) is 13.2 Å². The lowest BCUT2D eigenvalue weighted by Crippen LogP contribution is -2.37. The van der Waals surface area contributed by atoms with E-state index >= 15 is 0 Å². The summed E-state index contributed by atoms with van der Waals surface area (Å²) in [5, 5.41) is 0. The summed E-state index contributed by atoms with van der Waals surface area (Å²) >= 11 is 0. The molecule has 0 unspecified atom stereocenters. The largest absolute Gasteiger partial charge is 0.466 e.